The van der Waals surface area contributed by atoms with Crippen LogP contribution >= 0.6 is 0 Å². The Morgan fingerprint density at radius 2 is 1.37 bits per heavy atom. The van der Waals surface area contributed by atoms with Crippen LogP contribution in [0, 0.1) is 0 Å². The molecule has 0 saturated heterocycles. The van der Waals surface area contributed by atoms with Crippen LogP contribution in [0.25, 0.3) is 0 Å². The number of carbonyl (C=O) groups is 4. The Kier molecular flexibility index (Phi) is 4.26. The Morgan fingerprint density at radius 1 is 0.789 bits per heavy atom. The molecular weight excluding hydrogens is 484 g/mol. The monoisotopic (exact) mass is 503 g/mol. The average molecular weight is 503 g/mol. The maximum absolute atomic E-state index is 13.8. The molecule has 4 aliphatic rings. The molecule has 1 unspecified atom stereocenters. The van der Waals surface area contributed by atoms with Gasteiger partial charge in [0.05, 0.1) is 54.0 Å². The molecule has 3 aliphatic carbocycles. The van der Waals surface area contributed by atoms with E-state index >= 15 is 0 Å². The molecule has 3 aromatic carbocycles. The van der Waals surface area contributed by atoms with Crippen molar-refractivity contribution >= 4 is 40.2 Å². The van der Waals surface area contributed by atoms with E-state index in [1.54, 1.807) is 48.5 Å². The van der Waals surface area contributed by atoms with Gasteiger partial charge in [-0.3, -0.25) is 19.2 Å². The van der Waals surface area contributed by atoms with E-state index in [0.717, 1.165) is 5.31 Å². The molecule has 0 amide bonds. The second-order valence-corrected chi connectivity index (χ2v) is 9.17. The number of nitrogens with zero attached hydrogens (tertiary/aromatic N) is 1. The summed E-state index contributed by atoms with van der Waals surface area (Å²) in [4.78, 5) is 59.3. The Hall–Kier alpha value is -5.11. The second-order valence-electron chi connectivity index (χ2n) is 9.17. The molecule has 1 N–H and O–H groups in total. The standard InChI is InChI=1S/C30H18N2O6/c1-37-19-11-17-25(23-21(19)27(33)13-7-3-5-9-15(13)29(23)35)32-18-12-20(38-2)22-24(26(18)31-17)30(36)16-10-6-4-8-14(16)28(22)34/h3-12,25,32H,1-2H3/i/hD. The maximum atomic E-state index is 13.8. The van der Waals surface area contributed by atoms with Crippen LogP contribution in [0.5, 0.6) is 5.75 Å². The van der Waals surface area contributed by atoms with E-state index in [1.165, 1.54) is 26.4 Å². The number of benzene rings is 3. The molecule has 0 saturated carbocycles. The molecule has 184 valence electrons. The summed E-state index contributed by atoms with van der Waals surface area (Å²) in [6.45, 7) is 0. The van der Waals surface area contributed by atoms with Gasteiger partial charge in [-0.15, -0.1) is 0 Å². The molecule has 1 aliphatic heterocycles. The summed E-state index contributed by atoms with van der Waals surface area (Å²) in [6.07, 6.45) is 1.51. The first-order chi connectivity index (χ1) is 18.9. The normalized spacial score (nSPS) is 19.3. The highest BCUT2D eigenvalue weighted by Crippen LogP contribution is 2.47. The van der Waals surface area contributed by atoms with Gasteiger partial charge < -0.3 is 14.8 Å². The molecular formula is C30H18N2O6. The first-order valence-corrected chi connectivity index (χ1v) is 11.9. The number of fused-ring (bicyclic) bond motifs is 7. The van der Waals surface area contributed by atoms with Crippen molar-refractivity contribution in [3.05, 3.63) is 111 Å². The van der Waals surface area contributed by atoms with Gasteiger partial charge in [0.2, 0.25) is 0 Å². The van der Waals surface area contributed by atoms with E-state index in [2.05, 4.69) is 0 Å². The summed E-state index contributed by atoms with van der Waals surface area (Å²) >= 11 is 0. The van der Waals surface area contributed by atoms with Gasteiger partial charge in [0.15, 0.2) is 24.5 Å². The largest absolute Gasteiger partial charge is 0.496 e. The topological polar surface area (TPSA) is 111 Å². The summed E-state index contributed by atoms with van der Waals surface area (Å²) < 4.78 is 20.2. The van der Waals surface area contributed by atoms with E-state index in [-0.39, 0.29) is 84.7 Å². The van der Waals surface area contributed by atoms with Gasteiger partial charge in [0, 0.05) is 40.0 Å². The van der Waals surface area contributed by atoms with Gasteiger partial charge in [-0.2, -0.15) is 0 Å². The van der Waals surface area contributed by atoms with E-state index in [9.17, 15) is 19.2 Å². The van der Waals surface area contributed by atoms with Gasteiger partial charge in [0.1, 0.15) is 11.5 Å². The molecule has 8 heteroatoms. The van der Waals surface area contributed by atoms with Crippen molar-refractivity contribution < 1.29 is 30.1 Å². The van der Waals surface area contributed by atoms with Crippen molar-refractivity contribution in [2.75, 3.05) is 19.5 Å². The fraction of sp³-hybridized carbons (Fsp3) is 0.100. The number of Topliss-reactive ketones (excluding diaryl/α,β-unsaturated/α-hetero) is 2. The highest BCUT2D eigenvalue weighted by molar-refractivity contribution is 6.35. The van der Waals surface area contributed by atoms with Crippen LogP contribution < -0.4 is 10.0 Å². The first-order valence-electron chi connectivity index (χ1n) is 12.3. The number of hydrogen-bond donors (Lipinski definition) is 1. The van der Waals surface area contributed by atoms with Crippen LogP contribution in [0.4, 0.5) is 11.4 Å². The Labute approximate surface area is 217 Å². The SMILES string of the molecule is [2H]N1c2cc(OC)c3c(c2N=C2C=C(OC)C4=C(C(=O)c5ccccc5C4=O)C21)C(=O)c1ccccc1C3=O. The zero-order chi connectivity index (χ0) is 27.2. The number of rotatable bonds is 2. The third kappa shape index (κ3) is 2.71. The lowest BCUT2D eigenvalue weighted by atomic mass is 9.75. The minimum atomic E-state index is -1.05. The number of nitrogens with one attached hydrogen (secondary N) is 1. The van der Waals surface area contributed by atoms with Crippen molar-refractivity contribution in [1.82, 2.24) is 0 Å². The second kappa shape index (κ2) is 7.69. The smallest absolute Gasteiger partial charge is 0.198 e. The van der Waals surface area contributed by atoms with Crippen LogP contribution in [0.15, 0.2) is 82.6 Å². The zero-order valence-electron chi connectivity index (χ0n) is 21.2. The summed E-state index contributed by atoms with van der Waals surface area (Å²) in [5, 5.41) is 1.05. The van der Waals surface area contributed by atoms with E-state index in [4.69, 9.17) is 15.9 Å². The Bertz CT molecular complexity index is 1830. The van der Waals surface area contributed by atoms with Crippen LogP contribution in [0.1, 0.15) is 52.6 Å². The molecule has 0 spiro atoms. The molecule has 0 fully saturated rings. The fourth-order valence-electron chi connectivity index (χ4n) is 5.59. The average Bonchev–Trinajstić information content (AvgIpc) is 2.97. The van der Waals surface area contributed by atoms with Crippen LogP contribution in [-0.4, -0.2) is 49.1 Å². The number of allylic oxidation sites excluding steroid dienone is 1. The van der Waals surface area contributed by atoms with E-state index in [0.29, 0.717) is 0 Å². The summed E-state index contributed by atoms with van der Waals surface area (Å²) in [6, 6.07) is 13.5. The highest BCUT2D eigenvalue weighted by atomic mass is 16.5. The molecule has 0 radical (unpaired) electrons. The molecule has 8 nitrogen and oxygen atoms in total. The van der Waals surface area contributed by atoms with Gasteiger partial charge in [-0.25, -0.2) is 4.99 Å². The number of methoxy groups -OCH3 is 2. The summed E-state index contributed by atoms with van der Waals surface area (Å²) in [5.74, 6) is -1.35. The summed E-state index contributed by atoms with van der Waals surface area (Å²) in [5.41, 5.74) is 1.75. The molecule has 0 aromatic heterocycles. The van der Waals surface area contributed by atoms with Gasteiger partial charge >= 0.3 is 0 Å². The molecule has 7 rings (SSSR count). The molecule has 1 heterocycles. The fourth-order valence-corrected chi connectivity index (χ4v) is 5.59. The molecule has 3 aromatic rings. The van der Waals surface area contributed by atoms with E-state index in [1.807, 2.05) is 0 Å². The Morgan fingerprint density at radius 3 is 1.97 bits per heavy atom. The van der Waals surface area contributed by atoms with Crippen molar-refractivity contribution in [3.8, 4) is 5.75 Å². The predicted octanol–water partition coefficient (Wildman–Crippen LogP) is 4.26. The lowest BCUT2D eigenvalue weighted by Crippen LogP contribution is -2.43. The van der Waals surface area contributed by atoms with E-state index < -0.39 is 17.6 Å². The molecule has 0 bridgehead atoms. The lowest BCUT2D eigenvalue weighted by molar-refractivity contribution is 0.0965. The number of hydrogen-bond acceptors (Lipinski definition) is 8. The maximum Gasteiger partial charge on any atom is 0.198 e. The predicted molar refractivity (Wildman–Crippen MR) is 138 cm³/mol. The van der Waals surface area contributed by atoms with Crippen molar-refractivity contribution in [1.29, 1.82) is 0 Å². The third-order valence-corrected chi connectivity index (χ3v) is 7.30. The first kappa shape index (κ1) is 21.0. The van der Waals surface area contributed by atoms with Crippen molar-refractivity contribution in [3.63, 3.8) is 0 Å². The Balaban J connectivity index is 1.50. The molecule has 1 atom stereocenters. The third-order valence-electron chi connectivity index (χ3n) is 7.30. The lowest BCUT2D eigenvalue weighted by Gasteiger charge is -2.35. The van der Waals surface area contributed by atoms with Crippen molar-refractivity contribution in [2.45, 2.75) is 6.04 Å². The minimum Gasteiger partial charge on any atom is -0.496 e. The van der Waals surface area contributed by atoms with Crippen LogP contribution in [0.3, 0.4) is 0 Å². The summed E-state index contributed by atoms with van der Waals surface area (Å²) in [7, 11) is 2.76. The number of aliphatic imine (C=N–C) groups is 1. The quantitative estimate of drug-likeness (QED) is 0.435. The van der Waals surface area contributed by atoms with Gasteiger partial charge in [-0.1, -0.05) is 48.5 Å². The molecule has 38 heavy (non-hydrogen) atoms. The van der Waals surface area contributed by atoms with Gasteiger partial charge in [0.25, 0.3) is 0 Å². The van der Waals surface area contributed by atoms with Crippen molar-refractivity contribution in [2.24, 2.45) is 4.99 Å². The number of anilines is 1. The van der Waals surface area contributed by atoms with Crippen LogP contribution in [0.2, 0.25) is 1.41 Å². The van der Waals surface area contributed by atoms with Gasteiger partial charge in [-0.05, 0) is 0 Å². The highest BCUT2D eigenvalue weighted by Gasteiger charge is 2.45. The minimum absolute atomic E-state index is 0.0276. The number of carbonyl (C=O) groups excluding carboxylic acids is 4. The number of ether oxygens (including phenoxy) is 2. The zero-order valence-corrected chi connectivity index (χ0v) is 20.2. The number of ketones is 4. The van der Waals surface area contributed by atoms with Crippen LogP contribution in [-0.2, 0) is 4.74 Å².